The molecule has 1 fully saturated rings. The fraction of sp³-hybridized carbons (Fsp3) is 0.417. The van der Waals surface area contributed by atoms with Crippen LogP contribution in [0.3, 0.4) is 0 Å². The van der Waals surface area contributed by atoms with Gasteiger partial charge in [-0.1, -0.05) is 12.1 Å². The van der Waals surface area contributed by atoms with E-state index in [1.165, 1.54) is 0 Å². The lowest BCUT2D eigenvalue weighted by Crippen LogP contribution is -2.38. The van der Waals surface area contributed by atoms with Crippen LogP contribution in [0.1, 0.15) is 12.8 Å². The third-order valence-corrected chi connectivity index (χ3v) is 3.65. The van der Waals surface area contributed by atoms with Crippen LogP contribution < -0.4 is 5.32 Å². The van der Waals surface area contributed by atoms with Gasteiger partial charge in [0.25, 0.3) is 0 Å². The van der Waals surface area contributed by atoms with Gasteiger partial charge in [-0.3, -0.25) is 0 Å². The minimum Gasteiger partial charge on any atom is -0.395 e. The average Bonchev–Trinajstić information content (AvgIpc) is 3.13. The molecule has 0 aliphatic heterocycles. The van der Waals surface area contributed by atoms with Gasteiger partial charge in [-0.25, -0.2) is 4.79 Å². The maximum absolute atomic E-state index is 12.0. The summed E-state index contributed by atoms with van der Waals surface area (Å²) in [6, 6.07) is 7.84. The lowest BCUT2D eigenvalue weighted by atomic mass is 10.3. The Morgan fingerprint density at radius 3 is 2.76 bits per heavy atom. The Morgan fingerprint density at radius 1 is 1.47 bits per heavy atom. The number of anilines is 1. The van der Waals surface area contributed by atoms with Crippen LogP contribution in [0.25, 0.3) is 0 Å². The van der Waals surface area contributed by atoms with Gasteiger partial charge in [-0.15, -0.1) is 0 Å². The number of rotatable bonds is 4. The topological polar surface area (TPSA) is 52.6 Å². The fourth-order valence-electron chi connectivity index (χ4n) is 1.69. The van der Waals surface area contributed by atoms with E-state index in [0.29, 0.717) is 12.6 Å². The molecule has 0 heterocycles. The van der Waals surface area contributed by atoms with Crippen LogP contribution in [0.5, 0.6) is 0 Å². The predicted molar refractivity (Wildman–Crippen MR) is 75.0 cm³/mol. The summed E-state index contributed by atoms with van der Waals surface area (Å²) < 4.78 is 1.01. The van der Waals surface area contributed by atoms with Crippen LogP contribution in [0.15, 0.2) is 24.3 Å². The zero-order chi connectivity index (χ0) is 12.3. The van der Waals surface area contributed by atoms with Gasteiger partial charge in [0.1, 0.15) is 0 Å². The molecule has 17 heavy (non-hydrogen) atoms. The molecule has 0 atom stereocenters. The molecule has 0 bridgehead atoms. The maximum atomic E-state index is 12.0. The third kappa shape index (κ3) is 3.32. The number of halogens is 1. The van der Waals surface area contributed by atoms with E-state index in [9.17, 15) is 4.79 Å². The van der Waals surface area contributed by atoms with E-state index in [-0.39, 0.29) is 12.6 Å². The highest BCUT2D eigenvalue weighted by atomic mass is 127. The van der Waals surface area contributed by atoms with Crippen LogP contribution in [0.2, 0.25) is 0 Å². The van der Waals surface area contributed by atoms with Crippen molar-refractivity contribution in [1.82, 2.24) is 4.90 Å². The SMILES string of the molecule is O=C(Nc1ccccc1I)N(CCO)C1CC1. The molecule has 0 aromatic heterocycles. The van der Waals surface area contributed by atoms with Crippen molar-refractivity contribution in [1.29, 1.82) is 0 Å². The smallest absolute Gasteiger partial charge is 0.322 e. The highest BCUT2D eigenvalue weighted by molar-refractivity contribution is 14.1. The van der Waals surface area contributed by atoms with Crippen molar-refractivity contribution in [2.45, 2.75) is 18.9 Å². The molecule has 4 nitrogen and oxygen atoms in total. The largest absolute Gasteiger partial charge is 0.395 e. The Hall–Kier alpha value is -0.820. The molecule has 1 aliphatic carbocycles. The Bertz CT molecular complexity index is 407. The number of amides is 2. The van der Waals surface area contributed by atoms with Crippen molar-refractivity contribution in [3.05, 3.63) is 27.8 Å². The zero-order valence-electron chi connectivity index (χ0n) is 9.40. The van der Waals surface area contributed by atoms with E-state index in [1.54, 1.807) is 4.90 Å². The van der Waals surface area contributed by atoms with Gasteiger partial charge in [0.15, 0.2) is 0 Å². The molecule has 1 aromatic rings. The van der Waals surface area contributed by atoms with Crippen LogP contribution in [-0.4, -0.2) is 35.2 Å². The van der Waals surface area contributed by atoms with Crippen LogP contribution in [-0.2, 0) is 0 Å². The first kappa shape index (κ1) is 12.6. The van der Waals surface area contributed by atoms with Gasteiger partial charge in [0.05, 0.1) is 12.3 Å². The first-order valence-electron chi connectivity index (χ1n) is 5.65. The van der Waals surface area contributed by atoms with Crippen molar-refractivity contribution >= 4 is 34.3 Å². The first-order chi connectivity index (χ1) is 8.22. The standard InChI is InChI=1S/C12H15IN2O2/c13-10-3-1-2-4-11(10)14-12(17)15(7-8-16)9-5-6-9/h1-4,9,16H,5-8H2,(H,14,17). The summed E-state index contributed by atoms with van der Waals surface area (Å²) >= 11 is 2.19. The number of para-hydroxylation sites is 1. The monoisotopic (exact) mass is 346 g/mol. The summed E-state index contributed by atoms with van der Waals surface area (Å²) in [4.78, 5) is 13.7. The summed E-state index contributed by atoms with van der Waals surface area (Å²) in [5, 5.41) is 11.8. The van der Waals surface area contributed by atoms with Gasteiger partial charge < -0.3 is 15.3 Å². The number of hydrogen-bond acceptors (Lipinski definition) is 2. The molecule has 0 unspecified atom stereocenters. The normalized spacial score (nSPS) is 14.5. The van der Waals surface area contributed by atoms with Crippen LogP contribution in [0.4, 0.5) is 10.5 Å². The van der Waals surface area contributed by atoms with Crippen molar-refractivity contribution in [2.24, 2.45) is 0 Å². The molecule has 2 amide bonds. The summed E-state index contributed by atoms with van der Waals surface area (Å²) in [6.07, 6.45) is 2.08. The lowest BCUT2D eigenvalue weighted by molar-refractivity contribution is 0.185. The summed E-state index contributed by atoms with van der Waals surface area (Å²) in [5.41, 5.74) is 0.821. The molecule has 1 aromatic carbocycles. The number of nitrogens with zero attached hydrogens (tertiary/aromatic N) is 1. The molecule has 2 rings (SSSR count). The molecule has 92 valence electrons. The van der Waals surface area contributed by atoms with E-state index in [2.05, 4.69) is 27.9 Å². The number of nitrogens with one attached hydrogen (secondary N) is 1. The molecule has 0 radical (unpaired) electrons. The minimum absolute atomic E-state index is 0.00972. The third-order valence-electron chi connectivity index (χ3n) is 2.70. The van der Waals surface area contributed by atoms with Crippen molar-refractivity contribution in [3.63, 3.8) is 0 Å². The van der Waals surface area contributed by atoms with E-state index >= 15 is 0 Å². The number of hydrogen-bond donors (Lipinski definition) is 2. The van der Waals surface area contributed by atoms with E-state index in [4.69, 9.17) is 5.11 Å². The quantitative estimate of drug-likeness (QED) is 0.822. The fourth-order valence-corrected chi connectivity index (χ4v) is 2.22. The highest BCUT2D eigenvalue weighted by Gasteiger charge is 2.32. The molecule has 1 aliphatic rings. The van der Waals surface area contributed by atoms with E-state index in [1.807, 2.05) is 24.3 Å². The van der Waals surface area contributed by atoms with Crippen molar-refractivity contribution in [3.8, 4) is 0 Å². The average molecular weight is 346 g/mol. The van der Waals surface area contributed by atoms with Crippen LogP contribution in [0, 0.1) is 3.57 Å². The van der Waals surface area contributed by atoms with E-state index < -0.39 is 0 Å². The number of benzene rings is 1. The molecular formula is C12H15IN2O2. The highest BCUT2D eigenvalue weighted by Crippen LogP contribution is 2.27. The summed E-state index contributed by atoms with van der Waals surface area (Å²) in [5.74, 6) is 0. The summed E-state index contributed by atoms with van der Waals surface area (Å²) in [7, 11) is 0. The lowest BCUT2D eigenvalue weighted by Gasteiger charge is -2.22. The number of aliphatic hydroxyl groups excluding tert-OH is 1. The Morgan fingerprint density at radius 2 is 2.18 bits per heavy atom. The van der Waals surface area contributed by atoms with E-state index in [0.717, 1.165) is 22.1 Å². The molecule has 2 N–H and O–H groups in total. The van der Waals surface area contributed by atoms with Gasteiger partial charge in [-0.2, -0.15) is 0 Å². The zero-order valence-corrected chi connectivity index (χ0v) is 11.6. The molecule has 0 spiro atoms. The van der Waals surface area contributed by atoms with Crippen LogP contribution >= 0.6 is 22.6 Å². The molecule has 5 heteroatoms. The Balaban J connectivity index is 2.02. The number of carbonyl (C=O) groups excluding carboxylic acids is 1. The molecule has 0 saturated heterocycles. The first-order valence-corrected chi connectivity index (χ1v) is 6.73. The molecule has 1 saturated carbocycles. The minimum atomic E-state index is -0.120. The Labute approximate surface area is 114 Å². The number of aliphatic hydroxyl groups is 1. The number of carbonyl (C=O) groups is 1. The van der Waals surface area contributed by atoms with Crippen molar-refractivity contribution in [2.75, 3.05) is 18.5 Å². The maximum Gasteiger partial charge on any atom is 0.322 e. The Kier molecular flexibility index (Phi) is 4.22. The van der Waals surface area contributed by atoms with Gasteiger partial charge in [-0.05, 0) is 47.6 Å². The van der Waals surface area contributed by atoms with Gasteiger partial charge >= 0.3 is 6.03 Å². The summed E-state index contributed by atoms with van der Waals surface area (Å²) in [6.45, 7) is 0.412. The van der Waals surface area contributed by atoms with Gasteiger partial charge in [0.2, 0.25) is 0 Å². The van der Waals surface area contributed by atoms with Crippen molar-refractivity contribution < 1.29 is 9.90 Å². The van der Waals surface area contributed by atoms with Gasteiger partial charge in [0, 0.05) is 16.2 Å². The predicted octanol–water partition coefficient (Wildman–Crippen LogP) is 2.28. The number of urea groups is 1. The second-order valence-corrected chi connectivity index (χ2v) is 5.22. The second kappa shape index (κ2) is 5.68. The molecular weight excluding hydrogens is 331 g/mol. The second-order valence-electron chi connectivity index (χ2n) is 4.06.